The molecule has 0 radical (unpaired) electrons. The lowest BCUT2D eigenvalue weighted by molar-refractivity contribution is -0.129. The van der Waals surface area contributed by atoms with Gasteiger partial charge in [-0.2, -0.15) is 0 Å². The van der Waals surface area contributed by atoms with Gasteiger partial charge in [-0.1, -0.05) is 18.2 Å². The fraction of sp³-hybridized carbons (Fsp3) is 0.455. The summed E-state index contributed by atoms with van der Waals surface area (Å²) in [5, 5.41) is 0. The van der Waals surface area contributed by atoms with Crippen LogP contribution in [0.4, 0.5) is 0 Å². The number of hydrogen-bond donors (Lipinski definition) is 0. The number of amides is 1. The third kappa shape index (κ3) is 0.983. The van der Waals surface area contributed by atoms with E-state index in [9.17, 15) is 4.79 Å². The highest BCUT2D eigenvalue weighted by molar-refractivity contribution is 6.05. The molecule has 3 rings (SSSR count). The first-order valence-corrected chi connectivity index (χ1v) is 5.12. The second-order valence-electron chi connectivity index (χ2n) is 3.89. The Balaban J connectivity index is 2.06. The summed E-state index contributed by atoms with van der Waals surface area (Å²) in [5.41, 5.74) is 0.964. The van der Waals surface area contributed by atoms with Crippen molar-refractivity contribution >= 4 is 11.7 Å². The molecule has 1 amide bonds. The maximum Gasteiger partial charge on any atom is 0.240 e. The minimum atomic E-state index is -0.0920. The van der Waals surface area contributed by atoms with E-state index in [1.165, 1.54) is 0 Å². The van der Waals surface area contributed by atoms with Crippen LogP contribution in [-0.2, 0) is 4.79 Å². The van der Waals surface area contributed by atoms with Gasteiger partial charge < -0.3 is 0 Å². The van der Waals surface area contributed by atoms with Crippen molar-refractivity contribution in [1.29, 1.82) is 0 Å². The van der Waals surface area contributed by atoms with Crippen LogP contribution in [0.3, 0.4) is 0 Å². The minimum absolute atomic E-state index is 0.0920. The van der Waals surface area contributed by atoms with Gasteiger partial charge in [0.05, 0.1) is 11.6 Å². The van der Waals surface area contributed by atoms with Crippen molar-refractivity contribution < 1.29 is 4.79 Å². The number of allylic oxidation sites excluding steroid dienone is 2. The summed E-state index contributed by atoms with van der Waals surface area (Å²) in [6.45, 7) is 0.856. The van der Waals surface area contributed by atoms with E-state index >= 15 is 0 Å². The maximum atomic E-state index is 12.0. The molecule has 72 valence electrons. The Morgan fingerprint density at radius 2 is 2.43 bits per heavy atom. The summed E-state index contributed by atoms with van der Waals surface area (Å²) in [5.74, 6) is 1.10. The predicted octanol–water partition coefficient (Wildman–Crippen LogP) is 1.48. The summed E-state index contributed by atoms with van der Waals surface area (Å²) >= 11 is 0. The predicted molar refractivity (Wildman–Crippen MR) is 53.7 cm³/mol. The van der Waals surface area contributed by atoms with Crippen LogP contribution in [0.2, 0.25) is 0 Å². The minimum Gasteiger partial charge on any atom is -0.299 e. The van der Waals surface area contributed by atoms with Gasteiger partial charge in [-0.05, 0) is 12.8 Å². The zero-order valence-corrected chi connectivity index (χ0v) is 7.94. The number of carbonyl (C=O) groups excluding carboxylic acids is 1. The summed E-state index contributed by atoms with van der Waals surface area (Å²) < 4.78 is 0. The van der Waals surface area contributed by atoms with Crippen LogP contribution in [0, 0.1) is 5.92 Å². The Morgan fingerprint density at radius 3 is 3.36 bits per heavy atom. The third-order valence-corrected chi connectivity index (χ3v) is 2.99. The number of carbonyl (C=O) groups is 1. The Hall–Kier alpha value is -1.38. The first-order valence-electron chi connectivity index (χ1n) is 5.12. The molecule has 2 heterocycles. The van der Waals surface area contributed by atoms with Crippen molar-refractivity contribution in [2.75, 3.05) is 6.54 Å². The van der Waals surface area contributed by atoms with Gasteiger partial charge in [0, 0.05) is 13.0 Å². The molecule has 1 saturated heterocycles. The van der Waals surface area contributed by atoms with Crippen molar-refractivity contribution in [1.82, 2.24) is 4.90 Å². The number of amidine groups is 1. The standard InChI is InChI=1S/C11H12N2O/c14-11-8-4-1-2-5-9(8)12-10-6-3-7-13(10)11/h1,4-5,8H,2-3,6-7H2. The van der Waals surface area contributed by atoms with Crippen LogP contribution in [0.1, 0.15) is 19.3 Å². The fourth-order valence-corrected chi connectivity index (χ4v) is 2.28. The first-order chi connectivity index (χ1) is 6.86. The molecule has 2 aliphatic heterocycles. The highest BCUT2D eigenvalue weighted by Crippen LogP contribution is 2.30. The van der Waals surface area contributed by atoms with Crippen LogP contribution < -0.4 is 0 Å². The van der Waals surface area contributed by atoms with Gasteiger partial charge in [0.25, 0.3) is 0 Å². The van der Waals surface area contributed by atoms with Gasteiger partial charge >= 0.3 is 0 Å². The molecule has 0 N–H and O–H groups in total. The van der Waals surface area contributed by atoms with Gasteiger partial charge in [-0.15, -0.1) is 0 Å². The van der Waals surface area contributed by atoms with Crippen LogP contribution in [0.5, 0.6) is 0 Å². The summed E-state index contributed by atoms with van der Waals surface area (Å²) in [7, 11) is 0. The molecule has 1 aliphatic carbocycles. The van der Waals surface area contributed by atoms with E-state index in [4.69, 9.17) is 0 Å². The zero-order valence-electron chi connectivity index (χ0n) is 7.94. The number of fused-ring (bicyclic) bond motifs is 2. The second-order valence-corrected chi connectivity index (χ2v) is 3.89. The van der Waals surface area contributed by atoms with Crippen molar-refractivity contribution in [3.63, 3.8) is 0 Å². The lowest BCUT2D eigenvalue weighted by Crippen LogP contribution is -2.40. The van der Waals surface area contributed by atoms with Crippen LogP contribution >= 0.6 is 0 Å². The molecule has 3 heteroatoms. The quantitative estimate of drug-likeness (QED) is 0.530. The molecule has 0 aromatic carbocycles. The molecular formula is C11H12N2O. The van der Waals surface area contributed by atoms with Crippen LogP contribution in [-0.4, -0.2) is 23.2 Å². The molecule has 0 aromatic heterocycles. The van der Waals surface area contributed by atoms with E-state index in [0.717, 1.165) is 37.3 Å². The summed E-state index contributed by atoms with van der Waals surface area (Å²) in [6.07, 6.45) is 9.02. The molecule has 0 bridgehead atoms. The van der Waals surface area contributed by atoms with Crippen molar-refractivity contribution in [3.8, 4) is 0 Å². The maximum absolute atomic E-state index is 12.0. The highest BCUT2D eigenvalue weighted by atomic mass is 16.2. The molecule has 3 nitrogen and oxygen atoms in total. The highest BCUT2D eigenvalue weighted by Gasteiger charge is 2.36. The SMILES string of the molecule is O=C1C2C=CCC=C2N=C2CCCN12. The molecule has 1 fully saturated rings. The van der Waals surface area contributed by atoms with Gasteiger partial charge in [-0.3, -0.25) is 9.69 Å². The van der Waals surface area contributed by atoms with E-state index in [1.807, 2.05) is 17.1 Å². The van der Waals surface area contributed by atoms with E-state index in [2.05, 4.69) is 11.1 Å². The normalized spacial score (nSPS) is 29.6. The van der Waals surface area contributed by atoms with E-state index in [0.29, 0.717) is 0 Å². The average molecular weight is 188 g/mol. The van der Waals surface area contributed by atoms with Crippen molar-refractivity contribution in [2.24, 2.45) is 10.9 Å². The van der Waals surface area contributed by atoms with E-state index < -0.39 is 0 Å². The molecular weight excluding hydrogens is 176 g/mol. The Kier molecular flexibility index (Phi) is 1.60. The molecule has 0 spiro atoms. The second kappa shape index (κ2) is 2.80. The number of nitrogens with zero attached hydrogens (tertiary/aromatic N) is 2. The lowest BCUT2D eigenvalue weighted by atomic mass is 9.96. The van der Waals surface area contributed by atoms with Gasteiger partial charge in [-0.25, -0.2) is 4.99 Å². The number of hydrogen-bond acceptors (Lipinski definition) is 2. The molecule has 3 aliphatic rings. The number of aliphatic imine (C=N–C) groups is 1. The van der Waals surface area contributed by atoms with Crippen LogP contribution in [0.15, 0.2) is 28.9 Å². The molecule has 1 unspecified atom stereocenters. The monoisotopic (exact) mass is 188 g/mol. The van der Waals surface area contributed by atoms with Gasteiger partial charge in [0.1, 0.15) is 5.84 Å². The Morgan fingerprint density at radius 1 is 1.50 bits per heavy atom. The lowest BCUT2D eigenvalue weighted by Gasteiger charge is -2.28. The first kappa shape index (κ1) is 7.97. The molecule has 0 saturated carbocycles. The van der Waals surface area contributed by atoms with Crippen LogP contribution in [0.25, 0.3) is 0 Å². The average Bonchev–Trinajstić information content (AvgIpc) is 2.66. The zero-order chi connectivity index (χ0) is 9.54. The summed E-state index contributed by atoms with van der Waals surface area (Å²) in [4.78, 5) is 18.4. The molecule has 0 aromatic rings. The van der Waals surface area contributed by atoms with E-state index in [1.54, 1.807) is 0 Å². The molecule has 14 heavy (non-hydrogen) atoms. The molecule has 1 atom stereocenters. The van der Waals surface area contributed by atoms with Crippen molar-refractivity contribution in [3.05, 3.63) is 23.9 Å². The topological polar surface area (TPSA) is 32.7 Å². The Bertz CT molecular complexity index is 379. The van der Waals surface area contributed by atoms with Gasteiger partial charge in [0.15, 0.2) is 0 Å². The summed E-state index contributed by atoms with van der Waals surface area (Å²) in [6, 6.07) is 0. The fourth-order valence-electron chi connectivity index (χ4n) is 2.28. The van der Waals surface area contributed by atoms with Gasteiger partial charge in [0.2, 0.25) is 5.91 Å². The third-order valence-electron chi connectivity index (χ3n) is 2.99. The largest absolute Gasteiger partial charge is 0.299 e. The Labute approximate surface area is 82.8 Å². The smallest absolute Gasteiger partial charge is 0.240 e. The van der Waals surface area contributed by atoms with E-state index in [-0.39, 0.29) is 11.8 Å². The van der Waals surface area contributed by atoms with Crippen molar-refractivity contribution in [2.45, 2.75) is 19.3 Å². The number of rotatable bonds is 0.